The molecular weight excluding hydrogens is 560 g/mol. The fraction of sp³-hybridized carbons (Fsp3) is 0.294. The summed E-state index contributed by atoms with van der Waals surface area (Å²) >= 11 is 0. The van der Waals surface area contributed by atoms with Crippen molar-refractivity contribution in [1.82, 2.24) is 20.7 Å². The summed E-state index contributed by atoms with van der Waals surface area (Å²) in [5.41, 5.74) is 5.84. The number of hydrogen-bond acceptors (Lipinski definition) is 7. The number of fused-ring (bicyclic) bond motifs is 1. The fourth-order valence-electron chi connectivity index (χ4n) is 5.51. The van der Waals surface area contributed by atoms with Gasteiger partial charge in [-0.25, -0.2) is 10.3 Å². The molecule has 0 aliphatic heterocycles. The van der Waals surface area contributed by atoms with E-state index in [9.17, 15) is 14.4 Å². The van der Waals surface area contributed by atoms with Crippen molar-refractivity contribution in [2.75, 3.05) is 6.54 Å². The lowest BCUT2D eigenvalue weighted by atomic mass is 9.90. The first-order valence-corrected chi connectivity index (χ1v) is 14.7. The van der Waals surface area contributed by atoms with Crippen molar-refractivity contribution in [3.05, 3.63) is 107 Å². The van der Waals surface area contributed by atoms with Crippen molar-refractivity contribution in [3.8, 4) is 5.75 Å². The smallest absolute Gasteiger partial charge is 0.410 e. The minimum Gasteiger partial charge on any atom is -0.489 e. The van der Waals surface area contributed by atoms with E-state index in [-0.39, 0.29) is 31.1 Å². The average Bonchev–Trinajstić information content (AvgIpc) is 3.06. The lowest BCUT2D eigenvalue weighted by Gasteiger charge is -2.36. The Morgan fingerprint density at radius 1 is 0.909 bits per heavy atom. The van der Waals surface area contributed by atoms with Crippen molar-refractivity contribution in [2.24, 2.45) is 0 Å². The van der Waals surface area contributed by atoms with Gasteiger partial charge in [0.25, 0.3) is 11.8 Å². The first kappa shape index (κ1) is 30.5. The van der Waals surface area contributed by atoms with E-state index in [1.54, 1.807) is 29.7 Å². The number of amides is 3. The summed E-state index contributed by atoms with van der Waals surface area (Å²) < 4.78 is 11.5. The van der Waals surface area contributed by atoms with Gasteiger partial charge in [-0.3, -0.25) is 24.7 Å². The van der Waals surface area contributed by atoms with E-state index in [1.165, 1.54) is 4.90 Å². The maximum atomic E-state index is 13.0. The summed E-state index contributed by atoms with van der Waals surface area (Å²) in [6, 6.07) is 26.0. The Hall–Kier alpha value is -4.96. The molecule has 10 nitrogen and oxygen atoms in total. The average molecular weight is 597 g/mol. The first-order valence-electron chi connectivity index (χ1n) is 14.7. The summed E-state index contributed by atoms with van der Waals surface area (Å²) in [6.07, 6.45) is 1.76. The molecule has 1 saturated carbocycles. The van der Waals surface area contributed by atoms with Crippen LogP contribution in [0, 0.1) is 6.92 Å². The highest BCUT2D eigenvalue weighted by Crippen LogP contribution is 2.25. The number of rotatable bonds is 10. The molecule has 4 aromatic rings. The Morgan fingerprint density at radius 2 is 1.61 bits per heavy atom. The van der Waals surface area contributed by atoms with Gasteiger partial charge in [-0.15, -0.1) is 0 Å². The lowest BCUT2D eigenvalue weighted by Crippen LogP contribution is -2.49. The van der Waals surface area contributed by atoms with Gasteiger partial charge in [-0.1, -0.05) is 48.5 Å². The zero-order valence-corrected chi connectivity index (χ0v) is 24.6. The summed E-state index contributed by atoms with van der Waals surface area (Å²) in [6.45, 7) is 2.10. The largest absolute Gasteiger partial charge is 0.489 e. The van der Waals surface area contributed by atoms with Gasteiger partial charge in [-0.2, -0.15) is 0 Å². The molecular formula is C34H36N4O6. The van der Waals surface area contributed by atoms with Gasteiger partial charge in [0.1, 0.15) is 25.5 Å². The number of nitrogens with one attached hydrogen (secondary N) is 2. The molecule has 1 heterocycles. The molecule has 0 atom stereocenters. The minimum absolute atomic E-state index is 0.0759. The van der Waals surface area contributed by atoms with Gasteiger partial charge in [0.05, 0.1) is 5.52 Å². The molecule has 1 fully saturated rings. The van der Waals surface area contributed by atoms with Crippen LogP contribution in [0.5, 0.6) is 5.75 Å². The van der Waals surface area contributed by atoms with E-state index in [4.69, 9.17) is 14.7 Å². The van der Waals surface area contributed by atoms with Gasteiger partial charge >= 0.3 is 6.09 Å². The van der Waals surface area contributed by atoms with Gasteiger partial charge in [0.15, 0.2) is 0 Å². The van der Waals surface area contributed by atoms with E-state index in [0.717, 1.165) is 27.7 Å². The highest BCUT2D eigenvalue weighted by atomic mass is 16.6. The first-order chi connectivity index (χ1) is 21.4. The third-order valence-corrected chi connectivity index (χ3v) is 7.79. The Labute approximate surface area is 256 Å². The maximum Gasteiger partial charge on any atom is 0.410 e. The van der Waals surface area contributed by atoms with Crippen LogP contribution in [0.2, 0.25) is 0 Å². The monoisotopic (exact) mass is 596 g/mol. The van der Waals surface area contributed by atoms with Crippen LogP contribution < -0.4 is 15.5 Å². The van der Waals surface area contributed by atoms with Crippen LogP contribution in [-0.4, -0.2) is 51.6 Å². The van der Waals surface area contributed by atoms with Crippen LogP contribution >= 0.6 is 0 Å². The molecule has 5 rings (SSSR count). The molecule has 228 valence electrons. The molecule has 10 heteroatoms. The number of aryl methyl sites for hydroxylation is 1. The van der Waals surface area contributed by atoms with Gasteiger partial charge < -0.3 is 14.8 Å². The predicted octanol–water partition coefficient (Wildman–Crippen LogP) is 5.31. The van der Waals surface area contributed by atoms with E-state index in [2.05, 4.69) is 10.3 Å². The maximum absolute atomic E-state index is 13.0. The van der Waals surface area contributed by atoms with Gasteiger partial charge in [0, 0.05) is 34.3 Å². The van der Waals surface area contributed by atoms with Crippen LogP contribution in [0.25, 0.3) is 10.9 Å². The van der Waals surface area contributed by atoms with E-state index < -0.39 is 12.0 Å². The van der Waals surface area contributed by atoms with E-state index in [0.29, 0.717) is 43.6 Å². The SMILES string of the molecule is Cc1cc(COc2ccc(C(=O)NC3CCC(N(CC(=O)NO)C(=O)OCc4ccccc4)CC3)cc2)c2ccccc2n1. The Balaban J connectivity index is 1.12. The minimum atomic E-state index is -0.700. The standard InChI is InChI=1S/C34H36N4O6/c1-23-19-26(30-9-5-6-10-31(30)35-23)22-43-29-17-11-25(12-18-29)33(40)36-27-13-15-28(16-14-27)38(20-32(39)37-42)34(41)44-21-24-7-3-2-4-8-24/h2-12,17-19,27-28,42H,13-16,20-22H2,1H3,(H,36,40)(H,37,39). The van der Waals surface area contributed by atoms with Crippen molar-refractivity contribution in [2.45, 2.75) is 57.9 Å². The normalized spacial score (nSPS) is 16.1. The summed E-state index contributed by atoms with van der Waals surface area (Å²) in [5.74, 6) is -0.227. The zero-order valence-electron chi connectivity index (χ0n) is 24.6. The molecule has 0 spiro atoms. The van der Waals surface area contributed by atoms with Crippen molar-refractivity contribution >= 4 is 28.8 Å². The molecule has 0 saturated heterocycles. The number of pyridine rings is 1. The highest BCUT2D eigenvalue weighted by molar-refractivity contribution is 5.94. The summed E-state index contributed by atoms with van der Waals surface area (Å²) in [7, 11) is 0. The van der Waals surface area contributed by atoms with Crippen LogP contribution in [0.15, 0.2) is 84.9 Å². The molecule has 1 aliphatic carbocycles. The van der Waals surface area contributed by atoms with Crippen LogP contribution in [0.1, 0.15) is 52.9 Å². The number of ether oxygens (including phenoxy) is 2. The van der Waals surface area contributed by atoms with Crippen molar-refractivity contribution in [1.29, 1.82) is 0 Å². The molecule has 3 N–H and O–H groups in total. The second kappa shape index (κ2) is 14.5. The Bertz CT molecular complexity index is 1590. The summed E-state index contributed by atoms with van der Waals surface area (Å²) in [5, 5.41) is 13.2. The number of hydrogen-bond donors (Lipinski definition) is 3. The third-order valence-electron chi connectivity index (χ3n) is 7.79. The Morgan fingerprint density at radius 3 is 2.34 bits per heavy atom. The van der Waals surface area contributed by atoms with Crippen LogP contribution in [0.4, 0.5) is 4.79 Å². The van der Waals surface area contributed by atoms with Crippen molar-refractivity contribution in [3.63, 3.8) is 0 Å². The highest BCUT2D eigenvalue weighted by Gasteiger charge is 2.32. The molecule has 0 bridgehead atoms. The second-order valence-corrected chi connectivity index (χ2v) is 10.9. The van der Waals surface area contributed by atoms with Gasteiger partial charge in [-0.05, 0) is 74.6 Å². The van der Waals surface area contributed by atoms with E-state index in [1.807, 2.05) is 67.6 Å². The molecule has 44 heavy (non-hydrogen) atoms. The molecule has 0 unspecified atom stereocenters. The van der Waals surface area contributed by atoms with Crippen LogP contribution in [0.3, 0.4) is 0 Å². The fourth-order valence-corrected chi connectivity index (χ4v) is 5.51. The summed E-state index contributed by atoms with van der Waals surface area (Å²) in [4.78, 5) is 43.7. The number of aromatic nitrogens is 1. The second-order valence-electron chi connectivity index (χ2n) is 10.9. The van der Waals surface area contributed by atoms with Crippen molar-refractivity contribution < 1.29 is 29.1 Å². The molecule has 1 aliphatic rings. The van der Waals surface area contributed by atoms with Crippen LogP contribution in [-0.2, 0) is 22.7 Å². The molecule has 3 aromatic carbocycles. The number of nitrogens with zero attached hydrogens (tertiary/aromatic N) is 2. The quantitative estimate of drug-likeness (QED) is 0.167. The van der Waals surface area contributed by atoms with Gasteiger partial charge in [0.2, 0.25) is 0 Å². The number of para-hydroxylation sites is 1. The van der Waals surface area contributed by atoms with E-state index >= 15 is 0 Å². The zero-order chi connectivity index (χ0) is 30.9. The molecule has 1 aromatic heterocycles. The topological polar surface area (TPSA) is 130 Å². The predicted molar refractivity (Wildman–Crippen MR) is 164 cm³/mol. The molecule has 3 amide bonds. The molecule has 0 radical (unpaired) electrons. The number of carbonyl (C=O) groups is 3. The Kier molecular flexibility index (Phi) is 10.0. The number of hydroxylamine groups is 1. The lowest BCUT2D eigenvalue weighted by molar-refractivity contribution is -0.130. The number of benzene rings is 3. The number of carbonyl (C=O) groups excluding carboxylic acids is 3. The third kappa shape index (κ3) is 7.90.